The average molecular weight is 671 g/mol. The van der Waals surface area contributed by atoms with Gasteiger partial charge in [0.1, 0.15) is 22.8 Å². The fourth-order valence-corrected chi connectivity index (χ4v) is 7.81. The highest BCUT2D eigenvalue weighted by molar-refractivity contribution is 6.16. The van der Waals surface area contributed by atoms with Gasteiger partial charge in [-0.3, -0.25) is 0 Å². The minimum absolute atomic E-state index is 0.103. The lowest BCUT2D eigenvalue weighted by atomic mass is 10.0. The number of rotatable bonds is 0. The normalized spacial score (nSPS) is 12.0. The van der Waals surface area contributed by atoms with Gasteiger partial charge in [0.2, 0.25) is 0 Å². The molecule has 0 radical (unpaired) electrons. The van der Waals surface area contributed by atoms with E-state index in [9.17, 15) is 10.2 Å². The van der Waals surface area contributed by atoms with Crippen LogP contribution in [0.3, 0.4) is 0 Å². The number of hydrogen-bond acceptors (Lipinski definition) is 6. The van der Waals surface area contributed by atoms with E-state index in [1.54, 1.807) is 0 Å². The number of aromatic nitrogens is 6. The summed E-state index contributed by atoms with van der Waals surface area (Å²) in [5.74, 6) is 1.25. The van der Waals surface area contributed by atoms with Crippen LogP contribution < -0.4 is 0 Å². The molecular formula is C44H26N6O2. The number of benzene rings is 6. The third-order valence-corrected chi connectivity index (χ3v) is 10.2. The van der Waals surface area contributed by atoms with Crippen LogP contribution in [0.1, 0.15) is 0 Å². The molecule has 0 atom stereocenters. The van der Waals surface area contributed by atoms with Gasteiger partial charge in [-0.1, -0.05) is 109 Å². The van der Waals surface area contributed by atoms with Gasteiger partial charge in [-0.05, 0) is 24.3 Å². The number of fused-ring (bicyclic) bond motifs is 28. The second kappa shape index (κ2) is 10.6. The molecule has 9 aromatic rings. The zero-order chi connectivity index (χ0) is 34.5. The highest BCUT2D eigenvalue weighted by Crippen LogP contribution is 2.44. The molecule has 0 fully saturated rings. The molecule has 52 heavy (non-hydrogen) atoms. The van der Waals surface area contributed by atoms with E-state index in [1.807, 2.05) is 133 Å². The van der Waals surface area contributed by atoms with Gasteiger partial charge >= 0.3 is 0 Å². The summed E-state index contributed by atoms with van der Waals surface area (Å²) in [7, 11) is 0. The van der Waals surface area contributed by atoms with E-state index in [-0.39, 0.29) is 11.5 Å². The van der Waals surface area contributed by atoms with E-state index in [0.29, 0.717) is 55.9 Å². The van der Waals surface area contributed by atoms with E-state index < -0.39 is 0 Å². The van der Waals surface area contributed by atoms with Crippen LogP contribution in [0.25, 0.3) is 111 Å². The second-order valence-corrected chi connectivity index (χ2v) is 13.1. The van der Waals surface area contributed by atoms with Crippen molar-refractivity contribution in [2.24, 2.45) is 0 Å². The van der Waals surface area contributed by atoms with Gasteiger partial charge in [0.15, 0.2) is 11.6 Å². The van der Waals surface area contributed by atoms with Crippen LogP contribution in [-0.4, -0.2) is 40.1 Å². The van der Waals surface area contributed by atoms with E-state index in [2.05, 4.69) is 9.97 Å². The summed E-state index contributed by atoms with van der Waals surface area (Å²) in [6, 6.07) is 43.3. The Bertz CT molecular complexity index is 3020. The Morgan fingerprint density at radius 1 is 0.327 bits per heavy atom. The number of nitrogens with one attached hydrogen (secondary N) is 2. The van der Waals surface area contributed by atoms with E-state index in [0.717, 1.165) is 54.8 Å². The van der Waals surface area contributed by atoms with Gasteiger partial charge < -0.3 is 20.2 Å². The first-order valence-electron chi connectivity index (χ1n) is 17.0. The summed E-state index contributed by atoms with van der Waals surface area (Å²) in [4.78, 5) is 27.5. The maximum atomic E-state index is 12.1. The van der Waals surface area contributed by atoms with Gasteiger partial charge in [-0.25, -0.2) is 19.9 Å². The van der Waals surface area contributed by atoms with Crippen LogP contribution in [0, 0.1) is 0 Å². The fourth-order valence-electron chi connectivity index (χ4n) is 7.81. The first kappa shape index (κ1) is 28.5. The zero-order valence-corrected chi connectivity index (χ0v) is 27.4. The Morgan fingerprint density at radius 2 is 0.673 bits per heavy atom. The number of hydrogen-bond donors (Lipinski definition) is 4. The third kappa shape index (κ3) is 3.97. The van der Waals surface area contributed by atoms with Crippen molar-refractivity contribution in [3.05, 3.63) is 133 Å². The van der Waals surface area contributed by atoms with Crippen LogP contribution in [-0.2, 0) is 0 Å². The molecule has 8 nitrogen and oxygen atoms in total. The number of para-hydroxylation sites is 2. The number of phenolic OH excluding ortho intramolecular Hbond substituents is 2. The van der Waals surface area contributed by atoms with Crippen LogP contribution in [0.5, 0.6) is 11.5 Å². The predicted molar refractivity (Wildman–Crippen MR) is 208 cm³/mol. The molecule has 6 aromatic carbocycles. The van der Waals surface area contributed by atoms with Crippen molar-refractivity contribution in [3.8, 4) is 56.8 Å². The molecule has 2 aliphatic heterocycles. The molecule has 2 aliphatic rings. The molecule has 4 N–H and O–H groups in total. The summed E-state index contributed by atoms with van der Waals surface area (Å²) in [5, 5.41) is 30.2. The Morgan fingerprint density at radius 3 is 1.12 bits per heavy atom. The molecule has 0 amide bonds. The number of aromatic hydroxyl groups is 2. The molecule has 0 spiro atoms. The highest BCUT2D eigenvalue weighted by Gasteiger charge is 2.23. The third-order valence-electron chi connectivity index (χ3n) is 10.2. The molecule has 0 saturated heterocycles. The number of H-pyrrole nitrogens is 2. The molecule has 8 heteroatoms. The van der Waals surface area contributed by atoms with Crippen molar-refractivity contribution in [2.45, 2.75) is 0 Å². The van der Waals surface area contributed by atoms with E-state index >= 15 is 0 Å². The smallest absolute Gasteiger partial charge is 0.162 e. The molecule has 0 unspecified atom stereocenters. The van der Waals surface area contributed by atoms with Gasteiger partial charge in [0.05, 0.1) is 22.4 Å². The monoisotopic (exact) mass is 670 g/mol. The van der Waals surface area contributed by atoms with E-state index in [1.165, 1.54) is 0 Å². The summed E-state index contributed by atoms with van der Waals surface area (Å²) < 4.78 is 0. The van der Waals surface area contributed by atoms with Crippen molar-refractivity contribution < 1.29 is 10.2 Å². The number of aromatic amines is 2. The highest BCUT2D eigenvalue weighted by atomic mass is 16.3. The Labute approximate surface area is 295 Å². The van der Waals surface area contributed by atoms with E-state index in [4.69, 9.17) is 19.9 Å². The summed E-state index contributed by atoms with van der Waals surface area (Å²) >= 11 is 0. The second-order valence-electron chi connectivity index (χ2n) is 13.1. The van der Waals surface area contributed by atoms with Crippen molar-refractivity contribution >= 4 is 65.4 Å². The first-order chi connectivity index (χ1) is 25.6. The standard InChI is InChI=1S/C44H26N6O2/c51-39-31-19-9-20-32(39)36-25-13-3-7-17-29(25)43(47-36)50-44-30-18-8-4-14-26(30)38(48-44)34-22-10-21-33(40(34)52)37-24-12-2-6-16-28(24)42(46-37)49-41-27-15-5-1-11-23(27)35(31)45-41/h1-22,45,48,51-52H. The predicted octanol–water partition coefficient (Wildman–Crippen LogP) is 10.4. The van der Waals surface area contributed by atoms with Crippen molar-refractivity contribution in [3.63, 3.8) is 0 Å². The molecular weight excluding hydrogens is 645 g/mol. The summed E-state index contributed by atoms with van der Waals surface area (Å²) in [6.45, 7) is 0. The molecule has 12 bridgehead atoms. The van der Waals surface area contributed by atoms with Crippen molar-refractivity contribution in [2.75, 3.05) is 0 Å². The SMILES string of the molecule is Oc1c2cccc1c1[nH]c(nc3nc(c4cccc(c4O)c4[nH]c(nc5nc2-c2ccccc2-5)c2ccccc24)-c2ccccc2-3)c2ccccc21. The van der Waals surface area contributed by atoms with Crippen LogP contribution in [0.15, 0.2) is 133 Å². The molecule has 3 aromatic heterocycles. The molecule has 0 saturated carbocycles. The van der Waals surface area contributed by atoms with Crippen LogP contribution in [0.4, 0.5) is 0 Å². The lowest BCUT2D eigenvalue weighted by Crippen LogP contribution is -1.81. The molecule has 11 rings (SSSR count). The summed E-state index contributed by atoms with van der Waals surface area (Å²) in [5.41, 5.74) is 7.41. The van der Waals surface area contributed by atoms with Crippen LogP contribution >= 0.6 is 0 Å². The minimum Gasteiger partial charge on any atom is -0.507 e. The van der Waals surface area contributed by atoms with Gasteiger partial charge in [-0.15, -0.1) is 0 Å². The zero-order valence-electron chi connectivity index (χ0n) is 27.4. The van der Waals surface area contributed by atoms with Gasteiger partial charge in [0.25, 0.3) is 0 Å². The maximum absolute atomic E-state index is 12.1. The topological polar surface area (TPSA) is 124 Å². The lowest BCUT2D eigenvalue weighted by Gasteiger charge is -2.03. The summed E-state index contributed by atoms with van der Waals surface area (Å²) in [6.07, 6.45) is 0. The quantitative estimate of drug-likeness (QED) is 0.127. The van der Waals surface area contributed by atoms with Gasteiger partial charge in [0, 0.05) is 65.3 Å². The van der Waals surface area contributed by atoms with Crippen molar-refractivity contribution in [1.82, 2.24) is 29.9 Å². The number of nitrogens with zero attached hydrogens (tertiary/aromatic N) is 4. The Balaban J connectivity index is 1.39. The van der Waals surface area contributed by atoms with Gasteiger partial charge in [-0.2, -0.15) is 0 Å². The number of phenols is 2. The molecule has 244 valence electrons. The van der Waals surface area contributed by atoms with Crippen molar-refractivity contribution in [1.29, 1.82) is 0 Å². The fraction of sp³-hybridized carbons (Fsp3) is 0. The molecule has 5 heterocycles. The Kier molecular flexibility index (Phi) is 5.81. The molecule has 0 aliphatic carbocycles. The lowest BCUT2D eigenvalue weighted by molar-refractivity contribution is 0.487. The van der Waals surface area contributed by atoms with Crippen LogP contribution in [0.2, 0.25) is 0 Å². The first-order valence-corrected chi connectivity index (χ1v) is 17.0. The largest absolute Gasteiger partial charge is 0.507 e. The minimum atomic E-state index is 0.103. The Hall–Kier alpha value is -7.32. The maximum Gasteiger partial charge on any atom is 0.162 e. The average Bonchev–Trinajstić information content (AvgIpc) is 3.94.